The molecule has 0 fully saturated rings. The van der Waals surface area contributed by atoms with Crippen molar-refractivity contribution in [3.05, 3.63) is 0 Å². The molecule has 0 spiro atoms. The summed E-state index contributed by atoms with van der Waals surface area (Å²) in [4.78, 5) is 0. The minimum Gasteiger partial charge on any atom is -0.388 e. The SMILES string of the molecule is BC(O)(I)C(C)(C)CBC(C)(C)C(C)(C)CC(C)(C)C. The van der Waals surface area contributed by atoms with Crippen LogP contribution in [0.4, 0.5) is 0 Å². The molecule has 1 atom stereocenters. The first-order valence-electron chi connectivity index (χ1n) is 7.83. The van der Waals surface area contributed by atoms with Crippen LogP contribution in [-0.2, 0) is 0 Å². The summed E-state index contributed by atoms with van der Waals surface area (Å²) in [5, 5.41) is 10.6. The lowest BCUT2D eigenvalue weighted by molar-refractivity contribution is 0.115. The molecule has 0 bridgehead atoms. The molecular weight excluding hydrogens is 357 g/mol. The van der Waals surface area contributed by atoms with Gasteiger partial charge in [-0.2, -0.15) is 0 Å². The van der Waals surface area contributed by atoms with Gasteiger partial charge in [-0.3, -0.25) is 0 Å². The molecule has 1 nitrogen and oxygen atoms in total. The quantitative estimate of drug-likeness (QED) is 0.408. The Labute approximate surface area is 142 Å². The summed E-state index contributed by atoms with van der Waals surface area (Å²) in [6.45, 7) is 20.9. The molecule has 118 valence electrons. The fraction of sp³-hybridized carbons (Fsp3) is 1.00. The lowest BCUT2D eigenvalue weighted by Gasteiger charge is -2.47. The molecule has 1 unspecified atom stereocenters. The Kier molecular flexibility index (Phi) is 6.39. The fourth-order valence-corrected chi connectivity index (χ4v) is 3.03. The van der Waals surface area contributed by atoms with Crippen LogP contribution in [0.5, 0.6) is 0 Å². The van der Waals surface area contributed by atoms with Gasteiger partial charge in [0.25, 0.3) is 0 Å². The molecule has 0 saturated carbocycles. The van der Waals surface area contributed by atoms with Crippen LogP contribution in [-0.4, -0.2) is 23.7 Å². The topological polar surface area (TPSA) is 20.2 Å². The third-order valence-corrected chi connectivity index (χ3v) is 6.87. The van der Waals surface area contributed by atoms with Gasteiger partial charge < -0.3 is 5.11 Å². The molecule has 4 heteroatoms. The highest BCUT2D eigenvalue weighted by molar-refractivity contribution is 14.1. The molecule has 0 saturated heterocycles. The van der Waals surface area contributed by atoms with Crippen molar-refractivity contribution in [3.63, 3.8) is 0 Å². The van der Waals surface area contributed by atoms with Crippen LogP contribution in [0.25, 0.3) is 0 Å². The Morgan fingerprint density at radius 2 is 1.30 bits per heavy atom. The zero-order valence-corrected chi connectivity index (χ0v) is 17.6. The number of rotatable bonds is 6. The third-order valence-electron chi connectivity index (χ3n) is 5.41. The van der Waals surface area contributed by atoms with Gasteiger partial charge in [0, 0.05) is 0 Å². The van der Waals surface area contributed by atoms with Gasteiger partial charge in [0.1, 0.15) is 7.28 Å². The predicted octanol–water partition coefficient (Wildman–Crippen LogP) is 4.24. The van der Waals surface area contributed by atoms with E-state index in [0.717, 1.165) is 13.6 Å². The minimum atomic E-state index is -0.658. The molecule has 0 rings (SSSR count). The van der Waals surface area contributed by atoms with E-state index in [1.807, 2.05) is 7.85 Å². The Hall–Kier alpha value is 0.820. The van der Waals surface area contributed by atoms with E-state index in [2.05, 4.69) is 84.9 Å². The van der Waals surface area contributed by atoms with Gasteiger partial charge in [0.05, 0.1) is 3.51 Å². The maximum absolute atomic E-state index is 10.3. The molecule has 1 N–H and O–H groups in total. The van der Waals surface area contributed by atoms with E-state index in [9.17, 15) is 5.11 Å². The minimum absolute atomic E-state index is 0.0668. The average Bonchev–Trinajstić information content (AvgIpc) is 2.08. The number of hydrogen-bond acceptors (Lipinski definition) is 1. The molecule has 0 amide bonds. The summed E-state index contributed by atoms with van der Waals surface area (Å²) < 4.78 is -0.658. The first-order chi connectivity index (χ1) is 8.41. The Morgan fingerprint density at radius 1 is 0.900 bits per heavy atom. The van der Waals surface area contributed by atoms with Crippen molar-refractivity contribution < 1.29 is 5.11 Å². The second-order valence-electron chi connectivity index (χ2n) is 9.84. The maximum Gasteiger partial charge on any atom is 0.156 e. The molecule has 0 heterocycles. The van der Waals surface area contributed by atoms with Gasteiger partial charge in [0.15, 0.2) is 7.85 Å². The predicted molar refractivity (Wildman–Crippen MR) is 105 cm³/mol. The zero-order valence-electron chi connectivity index (χ0n) is 15.4. The summed E-state index contributed by atoms with van der Waals surface area (Å²) >= 11 is 2.17. The van der Waals surface area contributed by atoms with Gasteiger partial charge in [-0.05, 0) is 22.7 Å². The smallest absolute Gasteiger partial charge is 0.156 e. The van der Waals surface area contributed by atoms with Crippen molar-refractivity contribution in [2.75, 3.05) is 0 Å². The zero-order chi connectivity index (χ0) is 16.6. The van der Waals surface area contributed by atoms with Crippen LogP contribution in [0, 0.1) is 16.2 Å². The highest BCUT2D eigenvalue weighted by atomic mass is 127. The van der Waals surface area contributed by atoms with E-state index >= 15 is 0 Å². The standard InChI is InChI=1S/C16H35B2IO/c1-12(2,3)10-13(4,5)15(8,9)18-11-14(6,7)16(17,19)20/h18,20H,10-11,17H2,1-9H3. The van der Waals surface area contributed by atoms with Crippen molar-refractivity contribution in [1.82, 2.24) is 0 Å². The van der Waals surface area contributed by atoms with Crippen LogP contribution in [0.1, 0.15) is 68.7 Å². The second-order valence-corrected chi connectivity index (χ2v) is 11.9. The van der Waals surface area contributed by atoms with E-state index in [1.165, 1.54) is 6.42 Å². The monoisotopic (exact) mass is 392 g/mol. The molecule has 0 aromatic rings. The molecular formula is C16H35B2IO. The largest absolute Gasteiger partial charge is 0.388 e. The first-order valence-corrected chi connectivity index (χ1v) is 8.91. The van der Waals surface area contributed by atoms with Crippen molar-refractivity contribution in [1.29, 1.82) is 0 Å². The van der Waals surface area contributed by atoms with Gasteiger partial charge in [-0.25, -0.2) is 0 Å². The number of alkyl halides is 1. The average molecular weight is 392 g/mol. The van der Waals surface area contributed by atoms with Crippen molar-refractivity contribution >= 4 is 37.7 Å². The van der Waals surface area contributed by atoms with E-state index in [4.69, 9.17) is 0 Å². The summed E-state index contributed by atoms with van der Waals surface area (Å²) in [5.74, 6) is 0. The number of halogens is 1. The Balaban J connectivity index is 4.92. The van der Waals surface area contributed by atoms with Gasteiger partial charge >= 0.3 is 0 Å². The van der Waals surface area contributed by atoms with Crippen LogP contribution >= 0.6 is 22.6 Å². The van der Waals surface area contributed by atoms with Gasteiger partial charge in [-0.15, -0.1) is 0 Å². The van der Waals surface area contributed by atoms with Crippen LogP contribution in [0.2, 0.25) is 11.6 Å². The van der Waals surface area contributed by atoms with Crippen LogP contribution < -0.4 is 0 Å². The lowest BCUT2D eigenvalue weighted by atomic mass is 9.39. The van der Waals surface area contributed by atoms with Crippen molar-refractivity contribution in [2.24, 2.45) is 16.2 Å². The van der Waals surface area contributed by atoms with Crippen LogP contribution in [0.3, 0.4) is 0 Å². The molecule has 0 aliphatic carbocycles. The van der Waals surface area contributed by atoms with E-state index in [0.29, 0.717) is 10.8 Å². The van der Waals surface area contributed by atoms with Crippen molar-refractivity contribution in [2.45, 2.75) is 83.9 Å². The van der Waals surface area contributed by atoms with Crippen molar-refractivity contribution in [3.8, 4) is 0 Å². The van der Waals surface area contributed by atoms with Gasteiger partial charge in [0.2, 0.25) is 0 Å². The lowest BCUT2D eigenvalue weighted by Crippen LogP contribution is -2.43. The van der Waals surface area contributed by atoms with Gasteiger partial charge in [-0.1, -0.05) is 96.5 Å². The second kappa shape index (κ2) is 6.14. The summed E-state index contributed by atoms with van der Waals surface area (Å²) in [6.07, 6.45) is 2.26. The Morgan fingerprint density at radius 3 is 1.60 bits per heavy atom. The molecule has 0 radical (unpaired) electrons. The molecule has 0 aromatic heterocycles. The Bertz CT molecular complexity index is 322. The molecule has 0 aliphatic heterocycles. The first kappa shape index (κ1) is 20.8. The molecule has 0 aromatic carbocycles. The number of aliphatic hydroxyl groups is 1. The van der Waals surface area contributed by atoms with Crippen LogP contribution in [0.15, 0.2) is 0 Å². The summed E-state index contributed by atoms with van der Waals surface area (Å²) in [5.41, 5.74) is 0.576. The highest BCUT2D eigenvalue weighted by Gasteiger charge is 2.43. The summed E-state index contributed by atoms with van der Waals surface area (Å²) in [6, 6.07) is 0. The maximum atomic E-state index is 10.3. The number of hydrogen-bond donors (Lipinski definition) is 1. The highest BCUT2D eigenvalue weighted by Crippen LogP contribution is 2.52. The molecule has 0 aliphatic rings. The summed E-state index contributed by atoms with van der Waals surface area (Å²) in [7, 11) is 3.06. The normalized spacial score (nSPS) is 17.8. The van der Waals surface area contributed by atoms with E-state index in [1.54, 1.807) is 0 Å². The van der Waals surface area contributed by atoms with E-state index in [-0.39, 0.29) is 10.7 Å². The third kappa shape index (κ3) is 5.90. The van der Waals surface area contributed by atoms with E-state index < -0.39 is 3.51 Å². The molecule has 20 heavy (non-hydrogen) atoms. The fourth-order valence-electron chi connectivity index (χ4n) is 2.76.